The van der Waals surface area contributed by atoms with Gasteiger partial charge in [0.25, 0.3) is 0 Å². The fraction of sp³-hybridized carbons (Fsp3) is 0.261. The number of benzene rings is 2. The smallest absolute Gasteiger partial charge is 1.00 e. The van der Waals surface area contributed by atoms with Crippen LogP contribution in [0.3, 0.4) is 0 Å². The van der Waals surface area contributed by atoms with E-state index in [4.69, 9.17) is 0 Å². The van der Waals surface area contributed by atoms with Crippen molar-refractivity contribution < 1.29 is 58.9 Å². The monoisotopic (exact) mass is 452 g/mol. The number of hydrogen-bond donors (Lipinski definition) is 0. The van der Waals surface area contributed by atoms with Crippen LogP contribution in [0.5, 0.6) is 0 Å². The van der Waals surface area contributed by atoms with Crippen LogP contribution in [0, 0.1) is 11.8 Å². The van der Waals surface area contributed by atoms with E-state index in [2.05, 4.69) is 85.8 Å². The van der Waals surface area contributed by atoms with Gasteiger partial charge in [-0.25, -0.2) is 11.6 Å². The zero-order valence-electron chi connectivity index (χ0n) is 15.3. The first-order valence-corrected chi connectivity index (χ1v) is 8.64. The number of rotatable bonds is 3. The van der Waals surface area contributed by atoms with Crippen molar-refractivity contribution in [1.29, 1.82) is 0 Å². The molecule has 1 atom stereocenters. The van der Waals surface area contributed by atoms with Crippen LogP contribution in [-0.4, -0.2) is 0 Å². The maximum atomic E-state index is 2.41. The van der Waals surface area contributed by atoms with Crippen molar-refractivity contribution in [2.45, 2.75) is 31.6 Å². The minimum Gasteiger partial charge on any atom is -1.00 e. The van der Waals surface area contributed by atoms with Gasteiger partial charge in [-0.2, -0.15) is 5.92 Å². The molecule has 2 aliphatic rings. The molecule has 0 radical (unpaired) electrons. The van der Waals surface area contributed by atoms with Gasteiger partial charge in [0.1, 0.15) is 0 Å². The van der Waals surface area contributed by atoms with Crippen molar-refractivity contribution in [3.63, 3.8) is 0 Å². The summed E-state index contributed by atoms with van der Waals surface area (Å²) in [7, 11) is 0. The van der Waals surface area contributed by atoms with Crippen molar-refractivity contribution >= 4 is 0 Å². The molecule has 2 aromatic carbocycles. The maximum Gasteiger partial charge on any atom is 4.00 e. The van der Waals surface area contributed by atoms with E-state index in [1.807, 2.05) is 0 Å². The van der Waals surface area contributed by atoms with Gasteiger partial charge in [-0.05, 0) is 17.8 Å². The van der Waals surface area contributed by atoms with Crippen LogP contribution in [0.1, 0.15) is 37.3 Å². The van der Waals surface area contributed by atoms with Crippen molar-refractivity contribution in [1.82, 2.24) is 0 Å². The molecule has 0 heterocycles. The zero-order chi connectivity index (χ0) is 15.7. The van der Waals surface area contributed by atoms with E-state index >= 15 is 0 Å². The van der Waals surface area contributed by atoms with Gasteiger partial charge in [-0.15, -0.1) is 12.2 Å². The standard InChI is InChI=1S/C23H23.3ClH.Ti/c1-23(19-11-4-2-5-12-19,20-13-6-3-7-14-20)22-17-16-18-10-8-9-15-21(18)22;;;;/h2-9,11-15,18H,10,16-17H2,1H3;3*1H;/q-1;;;;+4/p-3. The molecule has 0 aromatic heterocycles. The van der Waals surface area contributed by atoms with E-state index in [0.29, 0.717) is 0 Å². The molecular weight excluding hydrogens is 430 g/mol. The summed E-state index contributed by atoms with van der Waals surface area (Å²) in [6.45, 7) is 2.41. The maximum absolute atomic E-state index is 2.41. The molecule has 1 saturated carbocycles. The average molecular weight is 454 g/mol. The molecule has 1 fully saturated rings. The first-order chi connectivity index (χ1) is 11.3. The molecule has 0 saturated heterocycles. The molecular formula is C23H23Cl3Ti. The number of fused-ring (bicyclic) bond motifs is 1. The summed E-state index contributed by atoms with van der Waals surface area (Å²) in [5.41, 5.74) is 4.35. The van der Waals surface area contributed by atoms with Crippen LogP contribution in [0.2, 0.25) is 0 Å². The Bertz CT molecular complexity index is 701. The van der Waals surface area contributed by atoms with Gasteiger partial charge < -0.3 is 37.2 Å². The summed E-state index contributed by atoms with van der Waals surface area (Å²) < 4.78 is 0. The third kappa shape index (κ3) is 4.87. The van der Waals surface area contributed by atoms with Gasteiger partial charge in [0.2, 0.25) is 0 Å². The molecule has 2 aliphatic carbocycles. The van der Waals surface area contributed by atoms with E-state index in [9.17, 15) is 0 Å². The summed E-state index contributed by atoms with van der Waals surface area (Å²) >= 11 is 0. The predicted molar refractivity (Wildman–Crippen MR) is 97.1 cm³/mol. The second-order valence-electron chi connectivity index (χ2n) is 6.86. The van der Waals surface area contributed by atoms with Gasteiger partial charge >= 0.3 is 21.7 Å². The summed E-state index contributed by atoms with van der Waals surface area (Å²) in [6.07, 6.45) is 10.6. The van der Waals surface area contributed by atoms with Gasteiger partial charge in [-0.1, -0.05) is 91.6 Å². The van der Waals surface area contributed by atoms with Crippen molar-refractivity contribution in [2.75, 3.05) is 0 Å². The quantitative estimate of drug-likeness (QED) is 0.341. The first-order valence-electron chi connectivity index (χ1n) is 8.64. The van der Waals surface area contributed by atoms with Crippen molar-refractivity contribution in [2.24, 2.45) is 5.92 Å². The van der Waals surface area contributed by atoms with Gasteiger partial charge in [-0.3, -0.25) is 0 Å². The number of halogens is 3. The molecule has 0 spiro atoms. The molecule has 2 aromatic rings. The third-order valence-corrected chi connectivity index (χ3v) is 5.67. The second kappa shape index (κ2) is 11.4. The van der Waals surface area contributed by atoms with Crippen LogP contribution < -0.4 is 37.2 Å². The Morgan fingerprint density at radius 2 is 1.37 bits per heavy atom. The topological polar surface area (TPSA) is 0 Å². The summed E-state index contributed by atoms with van der Waals surface area (Å²) in [5, 5.41) is 0. The molecule has 140 valence electrons. The Morgan fingerprint density at radius 3 is 1.89 bits per heavy atom. The zero-order valence-corrected chi connectivity index (χ0v) is 19.2. The summed E-state index contributed by atoms with van der Waals surface area (Å²) in [5.74, 6) is 2.34. The first kappa shape index (κ1) is 26.4. The van der Waals surface area contributed by atoms with Crippen LogP contribution >= 0.6 is 0 Å². The fourth-order valence-electron chi connectivity index (χ4n) is 4.36. The van der Waals surface area contributed by atoms with E-state index in [0.717, 1.165) is 5.92 Å². The van der Waals surface area contributed by atoms with E-state index < -0.39 is 0 Å². The van der Waals surface area contributed by atoms with E-state index in [1.165, 1.54) is 30.4 Å². The molecule has 0 nitrogen and oxygen atoms in total. The Labute approximate surface area is 197 Å². The van der Waals surface area contributed by atoms with Crippen LogP contribution in [0.25, 0.3) is 0 Å². The van der Waals surface area contributed by atoms with E-state index in [-0.39, 0.29) is 64.4 Å². The summed E-state index contributed by atoms with van der Waals surface area (Å²) in [4.78, 5) is 0. The van der Waals surface area contributed by atoms with Crippen LogP contribution in [-0.2, 0) is 27.1 Å². The molecule has 27 heavy (non-hydrogen) atoms. The normalized spacial score (nSPS) is 17.3. The molecule has 4 heteroatoms. The SMILES string of the molecule is CC(c1ccccc1)(c1ccccc1)[C-]1CCC2CC=CC=C12.[Cl-].[Cl-].[Cl-].[Ti+4]. The predicted octanol–water partition coefficient (Wildman–Crippen LogP) is -3.13. The average Bonchev–Trinajstić information content (AvgIpc) is 3.07. The molecule has 1 unspecified atom stereocenters. The minimum atomic E-state index is -0.0334. The minimum absolute atomic E-state index is 0. The van der Waals surface area contributed by atoms with Crippen LogP contribution in [0.4, 0.5) is 0 Å². The Hall–Kier alpha value is -0.626. The molecule has 0 amide bonds. The fourth-order valence-corrected chi connectivity index (χ4v) is 4.36. The molecule has 4 rings (SSSR count). The third-order valence-electron chi connectivity index (χ3n) is 5.67. The second-order valence-corrected chi connectivity index (χ2v) is 6.86. The van der Waals surface area contributed by atoms with Crippen molar-refractivity contribution in [3.8, 4) is 0 Å². The molecule has 0 N–H and O–H groups in total. The molecule has 0 aliphatic heterocycles. The van der Waals surface area contributed by atoms with Crippen LogP contribution in [0.15, 0.2) is 84.5 Å². The van der Waals surface area contributed by atoms with Gasteiger partial charge in [0.05, 0.1) is 0 Å². The Kier molecular flexibility index (Phi) is 11.1. The molecule has 0 bridgehead atoms. The van der Waals surface area contributed by atoms with E-state index in [1.54, 1.807) is 11.5 Å². The Balaban J connectivity index is 0.00000169. The largest absolute Gasteiger partial charge is 4.00 e. The van der Waals surface area contributed by atoms with Crippen molar-refractivity contribution in [3.05, 3.63) is 102 Å². The number of hydrogen-bond acceptors (Lipinski definition) is 0. The summed E-state index contributed by atoms with van der Waals surface area (Å²) in [6, 6.07) is 22.0. The van der Waals surface area contributed by atoms with Gasteiger partial charge in [0, 0.05) is 0 Å². The van der Waals surface area contributed by atoms with Gasteiger partial charge in [0.15, 0.2) is 0 Å². The Morgan fingerprint density at radius 1 is 0.852 bits per heavy atom. The number of allylic oxidation sites excluding steroid dienone is 4.